The minimum atomic E-state index is -3.75. The predicted octanol–water partition coefficient (Wildman–Crippen LogP) is 3.02. The number of rotatable bonds is 7. The van der Waals surface area contributed by atoms with Crippen LogP contribution in [0.25, 0.3) is 0 Å². The summed E-state index contributed by atoms with van der Waals surface area (Å²) in [6.07, 6.45) is 0.841. The molecule has 0 heterocycles. The zero-order valence-corrected chi connectivity index (χ0v) is 15.6. The number of nitrogens with one attached hydrogen (secondary N) is 1. The third-order valence-corrected chi connectivity index (χ3v) is 4.42. The van der Waals surface area contributed by atoms with Crippen LogP contribution in [-0.4, -0.2) is 33.2 Å². The second-order valence-corrected chi connectivity index (χ2v) is 7.87. The Hall–Kier alpha value is -2.61. The molecule has 0 bridgehead atoms. The molecule has 0 aliphatic heterocycles. The highest BCUT2D eigenvalue weighted by Crippen LogP contribution is 2.30. The van der Waals surface area contributed by atoms with Gasteiger partial charge in [-0.3, -0.25) is 9.10 Å². The van der Waals surface area contributed by atoms with Gasteiger partial charge in [0.25, 0.3) is 0 Å². The van der Waals surface area contributed by atoms with E-state index in [2.05, 4.69) is 5.32 Å². The number of ether oxygens (including phenoxy) is 1. The molecule has 0 saturated carbocycles. The highest BCUT2D eigenvalue weighted by molar-refractivity contribution is 7.92. The summed E-state index contributed by atoms with van der Waals surface area (Å²) in [7, 11) is -3.75. The number of anilines is 2. The molecule has 2 aromatic rings. The Morgan fingerprint density at radius 1 is 1.19 bits per heavy atom. The van der Waals surface area contributed by atoms with Crippen LogP contribution in [0.5, 0.6) is 5.75 Å². The maximum absolute atomic E-state index is 13.2. The second-order valence-electron chi connectivity index (χ2n) is 5.96. The van der Waals surface area contributed by atoms with Crippen LogP contribution < -0.4 is 14.4 Å². The highest BCUT2D eigenvalue weighted by Gasteiger charge is 2.24. The number of hydrogen-bond acceptors (Lipinski definition) is 4. The Morgan fingerprint density at radius 2 is 1.88 bits per heavy atom. The second kappa shape index (κ2) is 8.18. The zero-order chi connectivity index (χ0) is 19.3. The van der Waals surface area contributed by atoms with E-state index in [9.17, 15) is 17.6 Å². The Balaban J connectivity index is 2.28. The van der Waals surface area contributed by atoms with Gasteiger partial charge in [-0.05, 0) is 44.2 Å². The molecule has 26 heavy (non-hydrogen) atoms. The van der Waals surface area contributed by atoms with Gasteiger partial charge in [0.2, 0.25) is 15.9 Å². The van der Waals surface area contributed by atoms with E-state index in [0.717, 1.165) is 16.6 Å². The quantitative estimate of drug-likeness (QED) is 0.801. The summed E-state index contributed by atoms with van der Waals surface area (Å²) in [5.41, 5.74) is 0.508. The number of carbonyl (C=O) groups excluding carboxylic acids is 1. The molecule has 0 aliphatic rings. The Morgan fingerprint density at radius 3 is 2.50 bits per heavy atom. The van der Waals surface area contributed by atoms with E-state index in [1.165, 1.54) is 18.2 Å². The fourth-order valence-corrected chi connectivity index (χ4v) is 3.15. The number of sulfonamides is 1. The molecule has 8 heteroatoms. The number of carbonyl (C=O) groups is 1. The molecule has 1 N–H and O–H groups in total. The summed E-state index contributed by atoms with van der Waals surface area (Å²) >= 11 is 0. The van der Waals surface area contributed by atoms with Crippen molar-refractivity contribution in [2.24, 2.45) is 0 Å². The van der Waals surface area contributed by atoms with Crippen LogP contribution in [0.3, 0.4) is 0 Å². The third-order valence-electron chi connectivity index (χ3n) is 3.29. The normalized spacial score (nSPS) is 11.3. The summed E-state index contributed by atoms with van der Waals surface area (Å²) in [4.78, 5) is 12.3. The van der Waals surface area contributed by atoms with E-state index < -0.39 is 28.3 Å². The van der Waals surface area contributed by atoms with Gasteiger partial charge in [0.05, 0.1) is 18.0 Å². The molecule has 0 aliphatic carbocycles. The Kier molecular flexibility index (Phi) is 6.20. The van der Waals surface area contributed by atoms with Gasteiger partial charge < -0.3 is 10.1 Å². The lowest BCUT2D eigenvalue weighted by atomic mass is 10.2. The Labute approximate surface area is 152 Å². The molecule has 0 fully saturated rings. The van der Waals surface area contributed by atoms with Crippen molar-refractivity contribution in [3.05, 3.63) is 54.3 Å². The Bertz CT molecular complexity index is 884. The first kappa shape index (κ1) is 19.7. The molecule has 140 valence electrons. The van der Waals surface area contributed by atoms with Crippen LogP contribution >= 0.6 is 0 Å². The van der Waals surface area contributed by atoms with Crippen molar-refractivity contribution in [1.82, 2.24) is 0 Å². The van der Waals surface area contributed by atoms with Gasteiger partial charge in [0, 0.05) is 5.69 Å². The largest absolute Gasteiger partial charge is 0.489 e. The molecule has 0 unspecified atom stereocenters. The minimum absolute atomic E-state index is 0.168. The summed E-state index contributed by atoms with van der Waals surface area (Å²) in [6, 6.07) is 11.9. The molecule has 6 nitrogen and oxygen atoms in total. The van der Waals surface area contributed by atoms with Crippen molar-refractivity contribution < 1.29 is 22.3 Å². The van der Waals surface area contributed by atoms with Crippen LogP contribution in [0.2, 0.25) is 0 Å². The molecule has 2 rings (SSSR count). The van der Waals surface area contributed by atoms with Crippen LogP contribution in [0.4, 0.5) is 15.8 Å². The van der Waals surface area contributed by atoms with Gasteiger partial charge >= 0.3 is 0 Å². The standard InChI is InChI=1S/C18H21FN2O4S/c1-13(2)25-17-10-5-4-9-16(17)21(26(3,23)24)12-18(22)20-15-8-6-7-14(19)11-15/h4-11,13H,12H2,1-3H3,(H,20,22). The number of hydrogen-bond donors (Lipinski definition) is 1. The average Bonchev–Trinajstić information content (AvgIpc) is 2.52. The molecule has 0 radical (unpaired) electrons. The van der Waals surface area contributed by atoms with Crippen molar-refractivity contribution in [3.63, 3.8) is 0 Å². The van der Waals surface area contributed by atoms with Gasteiger partial charge in [-0.1, -0.05) is 18.2 Å². The van der Waals surface area contributed by atoms with E-state index in [4.69, 9.17) is 4.74 Å². The number of amides is 1. The fraction of sp³-hybridized carbons (Fsp3) is 0.278. The van der Waals surface area contributed by atoms with E-state index in [0.29, 0.717) is 5.75 Å². The molecule has 2 aromatic carbocycles. The van der Waals surface area contributed by atoms with Crippen LogP contribution in [0.1, 0.15) is 13.8 Å². The smallest absolute Gasteiger partial charge is 0.245 e. The average molecular weight is 380 g/mol. The predicted molar refractivity (Wildman–Crippen MR) is 99.4 cm³/mol. The maximum Gasteiger partial charge on any atom is 0.245 e. The number of para-hydroxylation sites is 2. The number of nitrogens with zero attached hydrogens (tertiary/aromatic N) is 1. The highest BCUT2D eigenvalue weighted by atomic mass is 32.2. The van der Waals surface area contributed by atoms with Crippen LogP contribution in [-0.2, 0) is 14.8 Å². The van der Waals surface area contributed by atoms with Crippen LogP contribution in [0.15, 0.2) is 48.5 Å². The van der Waals surface area contributed by atoms with Gasteiger partial charge in [0.1, 0.15) is 18.1 Å². The topological polar surface area (TPSA) is 75.7 Å². The first-order chi connectivity index (χ1) is 12.2. The molecule has 0 atom stereocenters. The molecule has 0 saturated heterocycles. The van der Waals surface area contributed by atoms with Gasteiger partial charge in [-0.25, -0.2) is 12.8 Å². The molecular weight excluding hydrogens is 359 g/mol. The molecule has 0 aromatic heterocycles. The van der Waals surface area contributed by atoms with E-state index in [1.807, 2.05) is 13.8 Å². The monoisotopic (exact) mass is 380 g/mol. The lowest BCUT2D eigenvalue weighted by Gasteiger charge is -2.25. The summed E-state index contributed by atoms with van der Waals surface area (Å²) in [5.74, 6) is -0.745. The van der Waals surface area contributed by atoms with Crippen molar-refractivity contribution in [2.75, 3.05) is 22.4 Å². The van der Waals surface area contributed by atoms with Gasteiger partial charge in [-0.2, -0.15) is 0 Å². The summed E-state index contributed by atoms with van der Waals surface area (Å²) < 4.78 is 44.3. The molecule has 1 amide bonds. The van der Waals surface area contributed by atoms with Gasteiger partial charge in [-0.15, -0.1) is 0 Å². The third kappa shape index (κ3) is 5.45. The zero-order valence-electron chi connectivity index (χ0n) is 14.8. The summed E-state index contributed by atoms with van der Waals surface area (Å²) in [6.45, 7) is 3.17. The van der Waals surface area contributed by atoms with Crippen molar-refractivity contribution in [1.29, 1.82) is 0 Å². The van der Waals surface area contributed by atoms with E-state index in [1.54, 1.807) is 24.3 Å². The first-order valence-electron chi connectivity index (χ1n) is 7.95. The maximum atomic E-state index is 13.2. The van der Waals surface area contributed by atoms with Crippen molar-refractivity contribution in [3.8, 4) is 5.75 Å². The fourth-order valence-electron chi connectivity index (χ4n) is 2.30. The van der Waals surface area contributed by atoms with E-state index >= 15 is 0 Å². The SMILES string of the molecule is CC(C)Oc1ccccc1N(CC(=O)Nc1cccc(F)c1)S(C)(=O)=O. The number of benzene rings is 2. The lowest BCUT2D eigenvalue weighted by Crippen LogP contribution is -2.37. The lowest BCUT2D eigenvalue weighted by molar-refractivity contribution is -0.114. The number of halogens is 1. The van der Waals surface area contributed by atoms with Crippen molar-refractivity contribution in [2.45, 2.75) is 20.0 Å². The van der Waals surface area contributed by atoms with Crippen molar-refractivity contribution >= 4 is 27.3 Å². The van der Waals surface area contributed by atoms with Crippen LogP contribution in [0, 0.1) is 5.82 Å². The molecule has 0 spiro atoms. The minimum Gasteiger partial charge on any atom is -0.489 e. The summed E-state index contributed by atoms with van der Waals surface area (Å²) in [5, 5.41) is 2.49. The van der Waals surface area contributed by atoms with Gasteiger partial charge in [0.15, 0.2) is 0 Å². The molecular formula is C18H21FN2O4S. The van der Waals surface area contributed by atoms with E-state index in [-0.39, 0.29) is 17.5 Å². The first-order valence-corrected chi connectivity index (χ1v) is 9.80.